The van der Waals surface area contributed by atoms with Crippen LogP contribution in [0.5, 0.6) is 0 Å². The van der Waals surface area contributed by atoms with E-state index in [2.05, 4.69) is 25.0 Å². The minimum atomic E-state index is 0.184. The van der Waals surface area contributed by atoms with E-state index in [1.54, 1.807) is 29.3 Å². The largest absolute Gasteiger partial charge is 0.245 e. The fourth-order valence-corrected chi connectivity index (χ4v) is 1.50. The molecule has 16 heavy (non-hydrogen) atoms. The van der Waals surface area contributed by atoms with E-state index in [9.17, 15) is 0 Å². The summed E-state index contributed by atoms with van der Waals surface area (Å²) in [5.74, 6) is 0.639. The standard InChI is InChI=1S/C9H5ClN6/c10-9-12-3-6-4-14-16(8(6)15-9)7-1-2-11-5-13-7/h1-5H. The van der Waals surface area contributed by atoms with E-state index >= 15 is 0 Å². The maximum absolute atomic E-state index is 5.74. The first kappa shape index (κ1) is 9.17. The zero-order valence-corrected chi connectivity index (χ0v) is 8.70. The third-order valence-electron chi connectivity index (χ3n) is 2.06. The Kier molecular flexibility index (Phi) is 2.00. The van der Waals surface area contributed by atoms with Crippen molar-refractivity contribution in [2.75, 3.05) is 0 Å². The Bertz CT molecular complexity index is 635. The molecule has 0 atom stereocenters. The van der Waals surface area contributed by atoms with Gasteiger partial charge < -0.3 is 0 Å². The Morgan fingerprint density at radius 3 is 2.94 bits per heavy atom. The van der Waals surface area contributed by atoms with Gasteiger partial charge in [0, 0.05) is 18.5 Å². The second-order valence-electron chi connectivity index (χ2n) is 3.04. The van der Waals surface area contributed by atoms with Gasteiger partial charge in [-0.05, 0) is 11.6 Å². The lowest BCUT2D eigenvalue weighted by atomic mass is 10.4. The molecule has 0 aliphatic carbocycles. The molecule has 0 radical (unpaired) electrons. The number of hydrogen-bond acceptors (Lipinski definition) is 5. The predicted octanol–water partition coefficient (Wildman–Crippen LogP) is 1.26. The maximum Gasteiger partial charge on any atom is 0.224 e. The van der Waals surface area contributed by atoms with E-state index in [1.165, 1.54) is 6.33 Å². The summed E-state index contributed by atoms with van der Waals surface area (Å²) in [7, 11) is 0. The molecule has 0 bridgehead atoms. The Morgan fingerprint density at radius 1 is 1.19 bits per heavy atom. The first-order valence-corrected chi connectivity index (χ1v) is 4.85. The second kappa shape index (κ2) is 3.49. The quantitative estimate of drug-likeness (QED) is 0.591. The van der Waals surface area contributed by atoms with E-state index < -0.39 is 0 Å². The van der Waals surface area contributed by atoms with Gasteiger partial charge in [-0.1, -0.05) is 0 Å². The molecule has 0 saturated heterocycles. The molecule has 3 aromatic rings. The molecule has 0 N–H and O–H groups in total. The molecular formula is C9H5ClN6. The topological polar surface area (TPSA) is 69.4 Å². The summed E-state index contributed by atoms with van der Waals surface area (Å²) >= 11 is 5.74. The number of aromatic nitrogens is 6. The van der Waals surface area contributed by atoms with Crippen molar-refractivity contribution in [1.82, 2.24) is 29.7 Å². The first-order chi connectivity index (χ1) is 7.84. The Hall–Kier alpha value is -2.08. The molecule has 3 rings (SSSR count). The highest BCUT2D eigenvalue weighted by atomic mass is 35.5. The van der Waals surface area contributed by atoms with Crippen molar-refractivity contribution in [3.63, 3.8) is 0 Å². The highest BCUT2D eigenvalue weighted by Crippen LogP contribution is 2.14. The fraction of sp³-hybridized carbons (Fsp3) is 0. The van der Waals surface area contributed by atoms with Crippen molar-refractivity contribution in [1.29, 1.82) is 0 Å². The van der Waals surface area contributed by atoms with Gasteiger partial charge in [0.25, 0.3) is 0 Å². The molecule has 0 aromatic carbocycles. The zero-order chi connectivity index (χ0) is 11.0. The van der Waals surface area contributed by atoms with Gasteiger partial charge in [0.2, 0.25) is 5.28 Å². The molecule has 0 aliphatic heterocycles. The predicted molar refractivity (Wildman–Crippen MR) is 57.3 cm³/mol. The fourth-order valence-electron chi connectivity index (χ4n) is 1.37. The minimum Gasteiger partial charge on any atom is -0.245 e. The van der Waals surface area contributed by atoms with Crippen LogP contribution in [0.1, 0.15) is 0 Å². The molecular weight excluding hydrogens is 228 g/mol. The number of rotatable bonds is 1. The van der Waals surface area contributed by atoms with Crippen molar-refractivity contribution in [2.24, 2.45) is 0 Å². The summed E-state index contributed by atoms with van der Waals surface area (Å²) in [4.78, 5) is 15.9. The molecule has 6 nitrogen and oxygen atoms in total. The van der Waals surface area contributed by atoms with Crippen LogP contribution >= 0.6 is 11.6 Å². The molecule has 3 aromatic heterocycles. The van der Waals surface area contributed by atoms with Crippen LogP contribution in [-0.4, -0.2) is 29.7 Å². The Labute approximate surface area is 95.0 Å². The first-order valence-electron chi connectivity index (χ1n) is 4.47. The number of fused-ring (bicyclic) bond motifs is 1. The minimum absolute atomic E-state index is 0.184. The van der Waals surface area contributed by atoms with E-state index in [1.807, 2.05) is 0 Å². The van der Waals surface area contributed by atoms with E-state index in [0.29, 0.717) is 11.5 Å². The third kappa shape index (κ3) is 1.40. The van der Waals surface area contributed by atoms with Crippen LogP contribution < -0.4 is 0 Å². The number of nitrogens with zero attached hydrogens (tertiary/aromatic N) is 6. The van der Waals surface area contributed by atoms with Gasteiger partial charge in [0.05, 0.1) is 11.6 Å². The van der Waals surface area contributed by atoms with Crippen molar-refractivity contribution >= 4 is 22.6 Å². The molecule has 7 heteroatoms. The molecule has 78 valence electrons. The van der Waals surface area contributed by atoms with Crippen molar-refractivity contribution in [3.8, 4) is 5.82 Å². The van der Waals surface area contributed by atoms with E-state index in [-0.39, 0.29) is 5.28 Å². The summed E-state index contributed by atoms with van der Waals surface area (Å²) in [6.45, 7) is 0. The summed E-state index contributed by atoms with van der Waals surface area (Å²) in [5, 5.41) is 5.16. The van der Waals surface area contributed by atoms with Crippen LogP contribution in [0.2, 0.25) is 5.28 Å². The summed E-state index contributed by atoms with van der Waals surface area (Å²) < 4.78 is 1.59. The maximum atomic E-state index is 5.74. The normalized spacial score (nSPS) is 10.8. The highest BCUT2D eigenvalue weighted by molar-refractivity contribution is 6.28. The highest BCUT2D eigenvalue weighted by Gasteiger charge is 2.07. The average Bonchev–Trinajstić information content (AvgIpc) is 2.73. The van der Waals surface area contributed by atoms with Crippen molar-refractivity contribution in [2.45, 2.75) is 0 Å². The van der Waals surface area contributed by atoms with Gasteiger partial charge in [0.15, 0.2) is 11.5 Å². The lowest BCUT2D eigenvalue weighted by Gasteiger charge is -1.99. The lowest BCUT2D eigenvalue weighted by Crippen LogP contribution is -2.00. The molecule has 0 spiro atoms. The zero-order valence-electron chi connectivity index (χ0n) is 7.95. The van der Waals surface area contributed by atoms with E-state index in [4.69, 9.17) is 11.6 Å². The van der Waals surface area contributed by atoms with Crippen LogP contribution in [0.4, 0.5) is 0 Å². The molecule has 3 heterocycles. The summed E-state index contributed by atoms with van der Waals surface area (Å²) in [5.41, 5.74) is 0.624. The Balaban J connectivity index is 2.29. The second-order valence-corrected chi connectivity index (χ2v) is 3.38. The van der Waals surface area contributed by atoms with Gasteiger partial charge in [-0.3, -0.25) is 0 Å². The molecule has 0 fully saturated rings. The number of halogens is 1. The van der Waals surface area contributed by atoms with Crippen LogP contribution in [0.3, 0.4) is 0 Å². The summed E-state index contributed by atoms with van der Waals surface area (Å²) in [6, 6.07) is 1.74. The Morgan fingerprint density at radius 2 is 2.12 bits per heavy atom. The third-order valence-corrected chi connectivity index (χ3v) is 2.24. The van der Waals surface area contributed by atoms with Gasteiger partial charge in [0.1, 0.15) is 6.33 Å². The van der Waals surface area contributed by atoms with Crippen molar-refractivity contribution < 1.29 is 0 Å². The number of hydrogen-bond donors (Lipinski definition) is 0. The van der Waals surface area contributed by atoms with Crippen LogP contribution in [-0.2, 0) is 0 Å². The monoisotopic (exact) mass is 232 g/mol. The van der Waals surface area contributed by atoms with Crippen LogP contribution in [0.25, 0.3) is 16.9 Å². The molecule has 0 aliphatic rings. The van der Waals surface area contributed by atoms with Gasteiger partial charge in [-0.2, -0.15) is 14.8 Å². The van der Waals surface area contributed by atoms with Gasteiger partial charge >= 0.3 is 0 Å². The summed E-state index contributed by atoms with van der Waals surface area (Å²) in [6.07, 6.45) is 6.37. The smallest absolute Gasteiger partial charge is 0.224 e. The SMILES string of the molecule is Clc1ncc2cnn(-c3ccncn3)c2n1. The molecule has 0 unspecified atom stereocenters. The molecule has 0 saturated carbocycles. The van der Waals surface area contributed by atoms with Crippen LogP contribution in [0, 0.1) is 0 Å². The van der Waals surface area contributed by atoms with Gasteiger partial charge in [-0.25, -0.2) is 15.0 Å². The lowest BCUT2D eigenvalue weighted by molar-refractivity contribution is 0.853. The van der Waals surface area contributed by atoms with E-state index in [0.717, 1.165) is 5.39 Å². The molecule has 0 amide bonds. The van der Waals surface area contributed by atoms with Crippen molar-refractivity contribution in [3.05, 3.63) is 36.3 Å². The van der Waals surface area contributed by atoms with Gasteiger partial charge in [-0.15, -0.1) is 0 Å². The average molecular weight is 233 g/mol. The van der Waals surface area contributed by atoms with Crippen LogP contribution in [0.15, 0.2) is 31.0 Å².